The Morgan fingerprint density at radius 2 is 1.81 bits per heavy atom. The summed E-state index contributed by atoms with van der Waals surface area (Å²) >= 11 is 6.18. The van der Waals surface area contributed by atoms with Gasteiger partial charge in [0.25, 0.3) is 0 Å². The summed E-state index contributed by atoms with van der Waals surface area (Å²) in [6, 6.07) is 12.1. The van der Waals surface area contributed by atoms with Crippen molar-refractivity contribution in [2.24, 2.45) is 11.8 Å². The zero-order valence-corrected chi connectivity index (χ0v) is 22.3. The van der Waals surface area contributed by atoms with Crippen molar-refractivity contribution in [1.82, 2.24) is 4.90 Å². The summed E-state index contributed by atoms with van der Waals surface area (Å²) in [6.07, 6.45) is 8.24. The normalized spacial score (nSPS) is 26.9. The Morgan fingerprint density at radius 1 is 1.05 bits per heavy atom. The predicted octanol–water partition coefficient (Wildman–Crippen LogP) is 5.69. The summed E-state index contributed by atoms with van der Waals surface area (Å²) in [5.74, 6) is 2.35. The molecule has 0 spiro atoms. The highest BCUT2D eigenvalue weighted by atomic mass is 35.5. The third kappa shape index (κ3) is 6.12. The maximum absolute atomic E-state index is 12.4. The molecular weight excluding hydrogens is 490 g/mol. The number of carbonyl (C=O) groups excluding carboxylic acids is 2. The first kappa shape index (κ1) is 26.1. The quantitative estimate of drug-likeness (QED) is 0.309. The maximum Gasteiger partial charge on any atom is 0.344 e. The number of carbonyl (C=O) groups is 2. The lowest BCUT2D eigenvalue weighted by Gasteiger charge is -2.45. The van der Waals surface area contributed by atoms with Crippen LogP contribution in [-0.4, -0.2) is 56.6 Å². The molecule has 3 saturated heterocycles. The molecule has 1 atom stereocenters. The standard InChI is InChI=1S/C30H36ClNO5/c1-35-28-16-29(27(31)15-23(28)18-33)36-19-30(34)37-24-8-6-20(7-9-24)14-22-4-2-3-5-25(22)26-17-32-12-10-21(26)11-13-32/h2-5,15-16,18,20-21,24,26H,6-14,17,19H2,1H3/t20?,24?,26-/m1/s1. The van der Waals surface area contributed by atoms with Crippen molar-refractivity contribution in [1.29, 1.82) is 0 Å². The van der Waals surface area contributed by atoms with E-state index in [0.29, 0.717) is 29.4 Å². The Morgan fingerprint density at radius 3 is 2.49 bits per heavy atom. The second-order valence-corrected chi connectivity index (χ2v) is 11.1. The molecule has 2 aromatic carbocycles. The first-order chi connectivity index (χ1) is 18.0. The number of fused-ring (bicyclic) bond motifs is 3. The highest BCUT2D eigenvalue weighted by Crippen LogP contribution is 2.41. The van der Waals surface area contributed by atoms with Gasteiger partial charge >= 0.3 is 5.97 Å². The molecule has 7 heteroatoms. The van der Waals surface area contributed by atoms with Gasteiger partial charge in [-0.2, -0.15) is 0 Å². The number of nitrogens with zero attached hydrogens (tertiary/aromatic N) is 1. The van der Waals surface area contributed by atoms with Crippen molar-refractivity contribution in [2.75, 3.05) is 33.4 Å². The van der Waals surface area contributed by atoms with E-state index in [0.717, 1.165) is 38.0 Å². The molecule has 0 N–H and O–H groups in total. The highest BCUT2D eigenvalue weighted by molar-refractivity contribution is 6.32. The zero-order chi connectivity index (χ0) is 25.8. The molecule has 3 heterocycles. The van der Waals surface area contributed by atoms with Crippen LogP contribution in [0.25, 0.3) is 0 Å². The molecule has 198 valence electrons. The molecule has 2 aromatic rings. The summed E-state index contributed by atoms with van der Waals surface area (Å²) in [5.41, 5.74) is 3.41. The fourth-order valence-corrected chi connectivity index (χ4v) is 6.68. The molecule has 6 nitrogen and oxygen atoms in total. The van der Waals surface area contributed by atoms with Crippen molar-refractivity contribution >= 4 is 23.9 Å². The number of ether oxygens (including phenoxy) is 3. The molecule has 2 bridgehead atoms. The van der Waals surface area contributed by atoms with Gasteiger partial charge in [0.2, 0.25) is 0 Å². The van der Waals surface area contributed by atoms with E-state index in [9.17, 15) is 9.59 Å². The van der Waals surface area contributed by atoms with Crippen LogP contribution in [0.3, 0.4) is 0 Å². The van der Waals surface area contributed by atoms with Crippen LogP contribution in [0.4, 0.5) is 0 Å². The molecule has 1 saturated carbocycles. The molecule has 1 aliphatic carbocycles. The van der Waals surface area contributed by atoms with Crippen molar-refractivity contribution in [3.63, 3.8) is 0 Å². The third-order valence-electron chi connectivity index (χ3n) is 8.47. The van der Waals surface area contributed by atoms with Gasteiger partial charge in [0.1, 0.15) is 17.6 Å². The Labute approximate surface area is 224 Å². The first-order valence-electron chi connectivity index (χ1n) is 13.5. The summed E-state index contributed by atoms with van der Waals surface area (Å²) in [5, 5.41) is 0.245. The maximum atomic E-state index is 12.4. The predicted molar refractivity (Wildman–Crippen MR) is 143 cm³/mol. The van der Waals surface area contributed by atoms with Gasteiger partial charge in [0.15, 0.2) is 12.9 Å². The number of esters is 1. The van der Waals surface area contributed by atoms with Gasteiger partial charge < -0.3 is 19.1 Å². The molecule has 0 radical (unpaired) electrons. The van der Waals surface area contributed by atoms with Crippen LogP contribution in [-0.2, 0) is 16.0 Å². The summed E-state index contributed by atoms with van der Waals surface area (Å²) in [6.45, 7) is 3.51. The van der Waals surface area contributed by atoms with Gasteiger partial charge in [-0.05, 0) is 93.0 Å². The summed E-state index contributed by atoms with van der Waals surface area (Å²) in [7, 11) is 1.46. The lowest BCUT2D eigenvalue weighted by atomic mass is 9.73. The van der Waals surface area contributed by atoms with E-state index in [1.165, 1.54) is 57.3 Å². The number of hydrogen-bond donors (Lipinski definition) is 0. The first-order valence-corrected chi connectivity index (χ1v) is 13.9. The molecule has 0 amide bonds. The van der Waals surface area contributed by atoms with Crippen molar-refractivity contribution < 1.29 is 23.8 Å². The average molecular weight is 526 g/mol. The van der Waals surface area contributed by atoms with Crippen LogP contribution in [0.5, 0.6) is 11.5 Å². The molecule has 0 aromatic heterocycles. The van der Waals surface area contributed by atoms with Crippen molar-refractivity contribution in [3.05, 3.63) is 58.1 Å². The fourth-order valence-electron chi connectivity index (χ4n) is 6.45. The lowest BCUT2D eigenvalue weighted by molar-refractivity contribution is -0.153. The van der Waals surface area contributed by atoms with E-state index in [4.69, 9.17) is 25.8 Å². The van der Waals surface area contributed by atoms with Crippen LogP contribution in [0.2, 0.25) is 5.02 Å². The zero-order valence-electron chi connectivity index (χ0n) is 21.5. The van der Waals surface area contributed by atoms with Crippen LogP contribution in [0.15, 0.2) is 36.4 Å². The van der Waals surface area contributed by atoms with Crippen LogP contribution < -0.4 is 9.47 Å². The average Bonchev–Trinajstić information content (AvgIpc) is 2.94. The Bertz CT molecular complexity index is 1110. The number of benzene rings is 2. The van der Waals surface area contributed by atoms with Crippen LogP contribution in [0, 0.1) is 11.8 Å². The molecule has 4 fully saturated rings. The second kappa shape index (κ2) is 11.9. The van der Waals surface area contributed by atoms with Gasteiger partial charge in [-0.1, -0.05) is 35.9 Å². The molecule has 37 heavy (non-hydrogen) atoms. The minimum Gasteiger partial charge on any atom is -0.496 e. The molecule has 6 rings (SSSR count). The minimum absolute atomic E-state index is 0.0769. The van der Waals surface area contributed by atoms with Crippen molar-refractivity contribution in [3.8, 4) is 11.5 Å². The number of aldehydes is 1. The SMILES string of the molecule is COc1cc(OCC(=O)OC2CCC(Cc3ccccc3[C@@H]3CN4CCC3CC4)CC2)c(Cl)cc1C=O. The van der Waals surface area contributed by atoms with Crippen LogP contribution >= 0.6 is 11.6 Å². The topological polar surface area (TPSA) is 65.1 Å². The van der Waals surface area contributed by atoms with Crippen molar-refractivity contribution in [2.45, 2.75) is 57.0 Å². The van der Waals surface area contributed by atoms with E-state index in [1.807, 2.05) is 0 Å². The minimum atomic E-state index is -0.411. The molecule has 3 aliphatic heterocycles. The smallest absolute Gasteiger partial charge is 0.344 e. The van der Waals surface area contributed by atoms with Gasteiger partial charge in [-0.15, -0.1) is 0 Å². The van der Waals surface area contributed by atoms with Gasteiger partial charge in [0, 0.05) is 12.6 Å². The Kier molecular flexibility index (Phi) is 8.36. The fraction of sp³-hybridized carbons (Fsp3) is 0.533. The van der Waals surface area contributed by atoms with E-state index in [-0.39, 0.29) is 23.5 Å². The van der Waals surface area contributed by atoms with Gasteiger partial charge in [0.05, 0.1) is 17.7 Å². The van der Waals surface area contributed by atoms with E-state index < -0.39 is 5.97 Å². The number of methoxy groups -OCH3 is 1. The molecule has 0 unspecified atom stereocenters. The number of halogens is 1. The molecule has 4 aliphatic rings. The largest absolute Gasteiger partial charge is 0.496 e. The van der Waals surface area contributed by atoms with E-state index in [2.05, 4.69) is 29.2 Å². The number of rotatable bonds is 9. The highest BCUT2D eigenvalue weighted by Gasteiger charge is 2.36. The second-order valence-electron chi connectivity index (χ2n) is 10.7. The lowest BCUT2D eigenvalue weighted by Crippen LogP contribution is -2.46. The van der Waals surface area contributed by atoms with E-state index >= 15 is 0 Å². The third-order valence-corrected chi connectivity index (χ3v) is 8.76. The van der Waals surface area contributed by atoms with Gasteiger partial charge in [-0.25, -0.2) is 4.79 Å². The Hall–Kier alpha value is -2.57. The van der Waals surface area contributed by atoms with E-state index in [1.54, 1.807) is 5.56 Å². The summed E-state index contributed by atoms with van der Waals surface area (Å²) in [4.78, 5) is 26.2. The monoisotopic (exact) mass is 525 g/mol. The number of piperidine rings is 3. The Balaban J connectivity index is 1.10. The van der Waals surface area contributed by atoms with Gasteiger partial charge in [-0.3, -0.25) is 4.79 Å². The number of hydrogen-bond acceptors (Lipinski definition) is 6. The summed E-state index contributed by atoms with van der Waals surface area (Å²) < 4.78 is 16.5. The van der Waals surface area contributed by atoms with Crippen LogP contribution in [0.1, 0.15) is 65.9 Å². The molecular formula is C30H36ClNO5.